The Bertz CT molecular complexity index is 212. The van der Waals surface area contributed by atoms with E-state index in [9.17, 15) is 4.79 Å². The van der Waals surface area contributed by atoms with Crippen molar-refractivity contribution in [1.82, 2.24) is 15.5 Å². The van der Waals surface area contributed by atoms with E-state index in [0.717, 1.165) is 32.1 Å². The number of hydrogen-bond donors (Lipinski definition) is 2. The van der Waals surface area contributed by atoms with E-state index in [4.69, 9.17) is 0 Å². The zero-order valence-electron chi connectivity index (χ0n) is 10.8. The fraction of sp³-hybridized carbons (Fsp3) is 0.917. The van der Waals surface area contributed by atoms with Crippen LogP contribution in [-0.2, 0) is 4.79 Å². The predicted molar refractivity (Wildman–Crippen MR) is 66.4 cm³/mol. The quantitative estimate of drug-likeness (QED) is 0.716. The molecule has 4 heteroatoms. The number of rotatable bonds is 5. The molecule has 0 aliphatic carbocycles. The summed E-state index contributed by atoms with van der Waals surface area (Å²) in [6.45, 7) is 8.40. The number of piperidine rings is 1. The zero-order chi connectivity index (χ0) is 12.0. The second-order valence-corrected chi connectivity index (χ2v) is 4.58. The summed E-state index contributed by atoms with van der Waals surface area (Å²) in [7, 11) is 1.71. The monoisotopic (exact) mass is 227 g/mol. The molecule has 1 amide bonds. The first-order valence-corrected chi connectivity index (χ1v) is 6.35. The summed E-state index contributed by atoms with van der Waals surface area (Å²) in [5.41, 5.74) is 0. The van der Waals surface area contributed by atoms with Gasteiger partial charge in [-0.1, -0.05) is 6.92 Å². The lowest BCUT2D eigenvalue weighted by Crippen LogP contribution is -2.48. The molecule has 0 aromatic rings. The van der Waals surface area contributed by atoms with Crippen LogP contribution in [0.1, 0.15) is 26.7 Å². The maximum Gasteiger partial charge on any atom is 0.236 e. The van der Waals surface area contributed by atoms with Crippen LogP contribution in [0.3, 0.4) is 0 Å². The predicted octanol–water partition coefficient (Wildman–Crippen LogP) is 0.442. The van der Waals surface area contributed by atoms with Crippen molar-refractivity contribution in [3.8, 4) is 0 Å². The van der Waals surface area contributed by atoms with Gasteiger partial charge in [0.1, 0.15) is 0 Å². The van der Waals surface area contributed by atoms with Gasteiger partial charge in [0, 0.05) is 7.05 Å². The van der Waals surface area contributed by atoms with E-state index in [0.29, 0.717) is 0 Å². The molecular weight excluding hydrogens is 202 g/mol. The van der Waals surface area contributed by atoms with Crippen LogP contribution in [0.2, 0.25) is 0 Å². The number of hydrogen-bond acceptors (Lipinski definition) is 3. The minimum Gasteiger partial charge on any atom is -0.358 e. The molecule has 1 saturated heterocycles. The number of likely N-dealkylation sites (tertiary alicyclic amines) is 1. The van der Waals surface area contributed by atoms with Gasteiger partial charge in [-0.15, -0.1) is 0 Å². The minimum atomic E-state index is 0.0186. The van der Waals surface area contributed by atoms with Crippen LogP contribution < -0.4 is 10.6 Å². The van der Waals surface area contributed by atoms with Crippen molar-refractivity contribution in [2.75, 3.05) is 33.2 Å². The number of nitrogens with zero attached hydrogens (tertiary/aromatic N) is 1. The Morgan fingerprint density at radius 3 is 2.56 bits per heavy atom. The molecule has 2 N–H and O–H groups in total. The van der Waals surface area contributed by atoms with Gasteiger partial charge in [-0.05, 0) is 51.9 Å². The maximum absolute atomic E-state index is 11.5. The standard InChI is InChI=1S/C12H25N3O/c1-4-14-9-11-5-7-15(8-6-11)10(2)12(16)13-3/h10-11,14H,4-9H2,1-3H3,(H,13,16). The molecule has 0 bridgehead atoms. The molecule has 16 heavy (non-hydrogen) atoms. The summed E-state index contributed by atoms with van der Waals surface area (Å²) in [6, 6.07) is 0.0186. The third-order valence-electron chi connectivity index (χ3n) is 3.51. The Labute approximate surface area is 98.8 Å². The van der Waals surface area contributed by atoms with Crippen LogP contribution >= 0.6 is 0 Å². The van der Waals surface area contributed by atoms with E-state index in [-0.39, 0.29) is 11.9 Å². The van der Waals surface area contributed by atoms with Crippen molar-refractivity contribution >= 4 is 5.91 Å². The van der Waals surface area contributed by atoms with E-state index in [1.807, 2.05) is 6.92 Å². The highest BCUT2D eigenvalue weighted by Crippen LogP contribution is 2.18. The van der Waals surface area contributed by atoms with Gasteiger partial charge in [-0.2, -0.15) is 0 Å². The highest BCUT2D eigenvalue weighted by molar-refractivity contribution is 5.80. The molecule has 94 valence electrons. The molecule has 0 spiro atoms. The first-order chi connectivity index (χ1) is 7.69. The van der Waals surface area contributed by atoms with E-state index in [1.165, 1.54) is 12.8 Å². The lowest BCUT2D eigenvalue weighted by molar-refractivity contribution is -0.125. The van der Waals surface area contributed by atoms with Crippen LogP contribution in [0.5, 0.6) is 0 Å². The fourth-order valence-corrected chi connectivity index (χ4v) is 2.27. The Morgan fingerprint density at radius 1 is 1.44 bits per heavy atom. The summed E-state index contributed by atoms with van der Waals surface area (Å²) in [5.74, 6) is 0.915. The fourth-order valence-electron chi connectivity index (χ4n) is 2.27. The second kappa shape index (κ2) is 6.86. The van der Waals surface area contributed by atoms with Crippen molar-refractivity contribution in [2.45, 2.75) is 32.7 Å². The number of amides is 1. The number of nitrogens with one attached hydrogen (secondary N) is 2. The first kappa shape index (κ1) is 13.5. The topological polar surface area (TPSA) is 44.4 Å². The van der Waals surface area contributed by atoms with Crippen molar-refractivity contribution < 1.29 is 4.79 Å². The zero-order valence-corrected chi connectivity index (χ0v) is 10.8. The second-order valence-electron chi connectivity index (χ2n) is 4.58. The molecule has 1 fully saturated rings. The summed E-state index contributed by atoms with van der Waals surface area (Å²) >= 11 is 0. The van der Waals surface area contributed by atoms with Crippen molar-refractivity contribution in [3.05, 3.63) is 0 Å². The molecule has 0 radical (unpaired) electrons. The molecule has 1 unspecified atom stereocenters. The Hall–Kier alpha value is -0.610. The van der Waals surface area contributed by atoms with Gasteiger partial charge in [-0.25, -0.2) is 0 Å². The van der Waals surface area contributed by atoms with Crippen molar-refractivity contribution in [1.29, 1.82) is 0 Å². The lowest BCUT2D eigenvalue weighted by Gasteiger charge is -2.35. The molecular formula is C12H25N3O. The number of carbonyl (C=O) groups excluding carboxylic acids is 1. The van der Waals surface area contributed by atoms with Gasteiger partial charge in [0.25, 0.3) is 0 Å². The SMILES string of the molecule is CCNCC1CCN(C(C)C(=O)NC)CC1. The van der Waals surface area contributed by atoms with E-state index < -0.39 is 0 Å². The molecule has 1 rings (SSSR count). The average Bonchev–Trinajstić information content (AvgIpc) is 2.35. The normalized spacial score (nSPS) is 20.7. The van der Waals surface area contributed by atoms with Gasteiger partial charge in [-0.3, -0.25) is 9.69 Å². The number of likely N-dealkylation sites (N-methyl/N-ethyl adjacent to an activating group) is 1. The van der Waals surface area contributed by atoms with Crippen molar-refractivity contribution in [2.24, 2.45) is 5.92 Å². The summed E-state index contributed by atoms with van der Waals surface area (Å²) in [6.07, 6.45) is 2.41. The van der Waals surface area contributed by atoms with Crippen LogP contribution in [0.25, 0.3) is 0 Å². The van der Waals surface area contributed by atoms with Gasteiger partial charge in [0.15, 0.2) is 0 Å². The molecule has 4 nitrogen and oxygen atoms in total. The molecule has 1 aliphatic heterocycles. The third-order valence-corrected chi connectivity index (χ3v) is 3.51. The highest BCUT2D eigenvalue weighted by Gasteiger charge is 2.25. The molecule has 1 atom stereocenters. The van der Waals surface area contributed by atoms with Gasteiger partial charge < -0.3 is 10.6 Å². The van der Waals surface area contributed by atoms with Gasteiger partial charge >= 0.3 is 0 Å². The molecule has 0 aromatic carbocycles. The van der Waals surface area contributed by atoms with E-state index in [1.54, 1.807) is 7.05 Å². The van der Waals surface area contributed by atoms with E-state index >= 15 is 0 Å². The minimum absolute atomic E-state index is 0.0186. The Balaban J connectivity index is 2.28. The van der Waals surface area contributed by atoms with Crippen LogP contribution in [0, 0.1) is 5.92 Å². The lowest BCUT2D eigenvalue weighted by atomic mass is 9.95. The largest absolute Gasteiger partial charge is 0.358 e. The third kappa shape index (κ3) is 3.76. The Morgan fingerprint density at radius 2 is 2.06 bits per heavy atom. The molecule has 1 heterocycles. The summed E-state index contributed by atoms with van der Waals surface area (Å²) in [5, 5.41) is 6.11. The average molecular weight is 227 g/mol. The molecule has 0 saturated carbocycles. The van der Waals surface area contributed by atoms with Crippen LogP contribution in [0.15, 0.2) is 0 Å². The van der Waals surface area contributed by atoms with Crippen LogP contribution in [0.4, 0.5) is 0 Å². The smallest absolute Gasteiger partial charge is 0.236 e. The molecule has 1 aliphatic rings. The summed E-state index contributed by atoms with van der Waals surface area (Å²) in [4.78, 5) is 13.8. The Kier molecular flexibility index (Phi) is 5.77. The van der Waals surface area contributed by atoms with E-state index in [2.05, 4.69) is 22.5 Å². The highest BCUT2D eigenvalue weighted by atomic mass is 16.2. The summed E-state index contributed by atoms with van der Waals surface area (Å²) < 4.78 is 0. The van der Waals surface area contributed by atoms with Crippen LogP contribution in [-0.4, -0.2) is 50.1 Å². The number of carbonyl (C=O) groups is 1. The van der Waals surface area contributed by atoms with Gasteiger partial charge in [0.05, 0.1) is 6.04 Å². The molecule has 0 aromatic heterocycles. The van der Waals surface area contributed by atoms with Gasteiger partial charge in [0.2, 0.25) is 5.91 Å². The first-order valence-electron chi connectivity index (χ1n) is 6.35. The van der Waals surface area contributed by atoms with Crippen molar-refractivity contribution in [3.63, 3.8) is 0 Å². The maximum atomic E-state index is 11.5.